The monoisotopic (exact) mass is 452 g/mol. The van der Waals surface area contributed by atoms with Crippen molar-refractivity contribution in [2.75, 3.05) is 18.1 Å². The number of nitrogens with zero attached hydrogens (tertiary/aromatic N) is 2. The molecule has 1 aromatic rings. The Morgan fingerprint density at radius 1 is 1.03 bits per heavy atom. The molecule has 2 rings (SSSR count). The normalized spacial score (nSPS) is 22.9. The summed E-state index contributed by atoms with van der Waals surface area (Å²) in [6.07, 6.45) is -19.1. The van der Waals surface area contributed by atoms with Crippen molar-refractivity contribution in [2.45, 2.75) is 36.4 Å². The number of hydrogen-bond donors (Lipinski definition) is 7. The lowest BCUT2D eigenvalue weighted by atomic mass is 9.98. The number of aliphatic hydroxyl groups excluding tert-OH is 4. The van der Waals surface area contributed by atoms with Gasteiger partial charge in [-0.25, -0.2) is 9.79 Å². The highest BCUT2D eigenvalue weighted by Crippen LogP contribution is 2.46. The van der Waals surface area contributed by atoms with Gasteiger partial charge in [0.2, 0.25) is 0 Å². The largest absolute Gasteiger partial charge is 0.443 e. The first-order chi connectivity index (χ1) is 13.6. The Morgan fingerprint density at radius 3 is 2.07 bits per heavy atom. The molecule has 30 heavy (non-hydrogen) atoms. The minimum Gasteiger partial charge on any atom is -0.394 e. The number of aromatic nitrogens is 2. The minimum absolute atomic E-state index is 0.632. The van der Waals surface area contributed by atoms with Crippen LogP contribution >= 0.6 is 0 Å². The summed E-state index contributed by atoms with van der Waals surface area (Å²) in [5.41, 5.74) is -12.4. The molecule has 0 radical (unpaired) electrons. The smallest absolute Gasteiger partial charge is 0.394 e. The van der Waals surface area contributed by atoms with Gasteiger partial charge in [-0.2, -0.15) is 26.3 Å². The number of H-pyrrole nitrogens is 2. The van der Waals surface area contributed by atoms with Gasteiger partial charge < -0.3 is 30.4 Å². The van der Waals surface area contributed by atoms with Crippen LogP contribution in [0.5, 0.6) is 0 Å². The van der Waals surface area contributed by atoms with E-state index in [-0.39, 0.29) is 0 Å². The van der Waals surface area contributed by atoms with Crippen molar-refractivity contribution in [3.8, 4) is 0 Å². The van der Waals surface area contributed by atoms with Crippen LogP contribution in [0.4, 0.5) is 37.8 Å². The third-order valence-corrected chi connectivity index (χ3v) is 4.12. The SMILES string of the molecule is O=c1[nH]c2c(c(=O)[nH]1)N=C(C(F)(F)F)[C@](O)(C(F)(F)F)N2C[C@H](O)[C@H](O)[C@H](O)CO. The first-order valence-electron chi connectivity index (χ1n) is 7.80. The van der Waals surface area contributed by atoms with Crippen LogP contribution in [-0.2, 0) is 0 Å². The predicted octanol–water partition coefficient (Wildman–Crippen LogP) is -2.16. The number of halogens is 6. The second kappa shape index (κ2) is 7.65. The van der Waals surface area contributed by atoms with Crippen LogP contribution in [0.25, 0.3) is 0 Å². The summed E-state index contributed by atoms with van der Waals surface area (Å²) in [4.78, 5) is 28.2. The van der Waals surface area contributed by atoms with Gasteiger partial charge >= 0.3 is 18.0 Å². The Balaban J connectivity index is 2.80. The van der Waals surface area contributed by atoms with E-state index in [4.69, 9.17) is 5.11 Å². The molecule has 7 N–H and O–H groups in total. The zero-order valence-corrected chi connectivity index (χ0v) is 14.4. The van der Waals surface area contributed by atoms with Crippen molar-refractivity contribution in [3.05, 3.63) is 20.8 Å². The van der Waals surface area contributed by atoms with E-state index in [2.05, 4.69) is 4.99 Å². The highest BCUT2D eigenvalue weighted by atomic mass is 19.4. The Labute approximate surface area is 160 Å². The van der Waals surface area contributed by atoms with Crippen molar-refractivity contribution in [1.29, 1.82) is 0 Å². The minimum atomic E-state index is -6.15. The molecule has 0 fully saturated rings. The molecule has 0 amide bonds. The summed E-state index contributed by atoms with van der Waals surface area (Å²) in [6, 6.07) is 0. The quantitative estimate of drug-likeness (QED) is 0.247. The van der Waals surface area contributed by atoms with Crippen LogP contribution < -0.4 is 16.1 Å². The molecular formula is C13H14F6N4O7. The molecule has 0 saturated carbocycles. The van der Waals surface area contributed by atoms with Crippen LogP contribution in [0.15, 0.2) is 14.6 Å². The second-order valence-corrected chi connectivity index (χ2v) is 6.15. The maximum Gasteiger partial charge on any atom is 0.443 e. The maximum atomic E-state index is 13.6. The second-order valence-electron chi connectivity index (χ2n) is 6.15. The van der Waals surface area contributed by atoms with Gasteiger partial charge in [0.05, 0.1) is 13.2 Å². The molecular weight excluding hydrogens is 438 g/mol. The lowest BCUT2D eigenvalue weighted by molar-refractivity contribution is -0.240. The number of aromatic amines is 2. The number of anilines is 1. The Kier molecular flexibility index (Phi) is 6.07. The predicted molar refractivity (Wildman–Crippen MR) is 84.3 cm³/mol. The lowest BCUT2D eigenvalue weighted by Crippen LogP contribution is -2.70. The van der Waals surface area contributed by atoms with E-state index in [0.717, 1.165) is 0 Å². The fraction of sp³-hybridized carbons (Fsp3) is 0.615. The van der Waals surface area contributed by atoms with Gasteiger partial charge in [-0.05, 0) is 0 Å². The van der Waals surface area contributed by atoms with Crippen LogP contribution in [0.2, 0.25) is 0 Å². The van der Waals surface area contributed by atoms with E-state index in [9.17, 15) is 56.4 Å². The van der Waals surface area contributed by atoms with Crippen molar-refractivity contribution >= 4 is 17.2 Å². The standard InChI is InChI=1S/C13H14F6N4O7/c14-12(15,16)9-11(30,13(17,18)19)23(1-3(25)6(27)4(26)2-24)7-5(20-9)8(28)22-10(29)21-7/h3-4,6,24-27,30H,1-2H2,(H2,21,22,28,29)/t3-,4+,6-,11-/m0/s1. The summed E-state index contributed by atoms with van der Waals surface area (Å²) >= 11 is 0. The highest BCUT2D eigenvalue weighted by molar-refractivity contribution is 6.04. The molecule has 1 aromatic heterocycles. The van der Waals surface area contributed by atoms with Crippen molar-refractivity contribution in [3.63, 3.8) is 0 Å². The molecule has 11 nitrogen and oxygen atoms in total. The summed E-state index contributed by atoms with van der Waals surface area (Å²) in [7, 11) is 0. The van der Waals surface area contributed by atoms with Gasteiger partial charge in [0.15, 0.2) is 11.4 Å². The number of aliphatic imine (C=N–C) groups is 1. The van der Waals surface area contributed by atoms with E-state index >= 15 is 0 Å². The number of nitrogens with one attached hydrogen (secondary N) is 2. The zero-order chi connectivity index (χ0) is 23.2. The number of rotatable bonds is 5. The van der Waals surface area contributed by atoms with Crippen LogP contribution in [0.1, 0.15) is 0 Å². The molecule has 0 unspecified atom stereocenters. The van der Waals surface area contributed by atoms with Gasteiger partial charge in [0, 0.05) is 0 Å². The topological polar surface area (TPSA) is 182 Å². The molecule has 17 heteroatoms. The van der Waals surface area contributed by atoms with E-state index in [1.807, 2.05) is 0 Å². The summed E-state index contributed by atoms with van der Waals surface area (Å²) in [5, 5.41) is 47.7. The molecule has 170 valence electrons. The van der Waals surface area contributed by atoms with Crippen LogP contribution in [0, 0.1) is 0 Å². The van der Waals surface area contributed by atoms with E-state index in [1.54, 1.807) is 4.98 Å². The molecule has 2 heterocycles. The first-order valence-corrected chi connectivity index (χ1v) is 7.80. The van der Waals surface area contributed by atoms with E-state index in [1.165, 1.54) is 4.98 Å². The molecule has 4 atom stereocenters. The highest BCUT2D eigenvalue weighted by Gasteiger charge is 2.70. The number of alkyl halides is 6. The number of aliphatic hydroxyl groups is 5. The van der Waals surface area contributed by atoms with Gasteiger partial charge in [-0.1, -0.05) is 0 Å². The van der Waals surface area contributed by atoms with E-state index in [0.29, 0.717) is 0 Å². The van der Waals surface area contributed by atoms with Gasteiger partial charge in [0.25, 0.3) is 11.3 Å². The molecule has 0 aliphatic carbocycles. The Morgan fingerprint density at radius 2 is 1.60 bits per heavy atom. The zero-order valence-electron chi connectivity index (χ0n) is 14.4. The third-order valence-electron chi connectivity index (χ3n) is 4.12. The van der Waals surface area contributed by atoms with E-state index < -0.39 is 82.9 Å². The average molecular weight is 452 g/mol. The molecule has 0 aromatic carbocycles. The van der Waals surface area contributed by atoms with Gasteiger partial charge in [0.1, 0.15) is 24.1 Å². The molecule has 0 spiro atoms. The van der Waals surface area contributed by atoms with Crippen LogP contribution in [-0.4, -0.2) is 90.8 Å². The summed E-state index contributed by atoms with van der Waals surface area (Å²) in [6.45, 7) is -2.89. The van der Waals surface area contributed by atoms with Crippen molar-refractivity contribution < 1.29 is 51.9 Å². The van der Waals surface area contributed by atoms with Crippen LogP contribution in [0.3, 0.4) is 0 Å². The molecule has 0 saturated heterocycles. The molecule has 1 aliphatic rings. The van der Waals surface area contributed by atoms with Gasteiger partial charge in [-0.15, -0.1) is 0 Å². The summed E-state index contributed by atoms with van der Waals surface area (Å²) < 4.78 is 80.9. The van der Waals surface area contributed by atoms with Crippen molar-refractivity contribution in [1.82, 2.24) is 9.97 Å². The first kappa shape index (κ1) is 23.8. The third kappa shape index (κ3) is 3.93. The number of hydrogen-bond acceptors (Lipinski definition) is 9. The number of β-amino-alcohol motifs (C(OH)–C–C–N with tert-alkyl or cyclic N) is 1. The fourth-order valence-corrected chi connectivity index (χ4v) is 2.68. The molecule has 1 aliphatic heterocycles. The maximum absolute atomic E-state index is 13.6. The average Bonchev–Trinajstić information content (AvgIpc) is 2.60. The number of fused-ring (bicyclic) bond motifs is 1. The summed E-state index contributed by atoms with van der Waals surface area (Å²) in [5.74, 6) is -1.35. The lowest BCUT2D eigenvalue weighted by Gasteiger charge is -2.45. The Hall–Kier alpha value is -2.47. The Bertz CT molecular complexity index is 942. The molecule has 0 bridgehead atoms. The van der Waals surface area contributed by atoms with Crippen molar-refractivity contribution in [2.24, 2.45) is 4.99 Å². The fourth-order valence-electron chi connectivity index (χ4n) is 2.68. The van der Waals surface area contributed by atoms with Gasteiger partial charge in [-0.3, -0.25) is 14.8 Å².